The van der Waals surface area contributed by atoms with E-state index >= 15 is 0 Å². The fourth-order valence-electron chi connectivity index (χ4n) is 2.06. The van der Waals surface area contributed by atoms with Gasteiger partial charge in [-0.1, -0.05) is 23.8 Å². The van der Waals surface area contributed by atoms with Crippen molar-refractivity contribution in [3.63, 3.8) is 0 Å². The predicted molar refractivity (Wildman–Crippen MR) is 74.1 cm³/mol. The van der Waals surface area contributed by atoms with Crippen LogP contribution in [0.25, 0.3) is 0 Å². The Kier molecular flexibility index (Phi) is 3.81. The highest BCUT2D eigenvalue weighted by Gasteiger charge is 2.12. The average molecular weight is 258 g/mol. The number of aliphatic hydroxyl groups is 1. The summed E-state index contributed by atoms with van der Waals surface area (Å²) in [5, 5.41) is 14.4. The number of hydrogen-bond acceptors (Lipinski definition) is 3. The second kappa shape index (κ2) is 5.36. The molecule has 0 spiro atoms. The maximum absolute atomic E-state index is 11.7. The van der Waals surface area contributed by atoms with E-state index in [1.54, 1.807) is 6.07 Å². The minimum Gasteiger partial charge on any atom is -0.386 e. The van der Waals surface area contributed by atoms with Crippen molar-refractivity contribution in [3.05, 3.63) is 63.1 Å². The van der Waals surface area contributed by atoms with Crippen molar-refractivity contribution in [2.45, 2.75) is 33.4 Å². The zero-order valence-corrected chi connectivity index (χ0v) is 11.4. The molecule has 4 nitrogen and oxygen atoms in total. The maximum atomic E-state index is 11.7. The fraction of sp³-hybridized carbons (Fsp3) is 0.333. The molecule has 1 unspecified atom stereocenters. The Morgan fingerprint density at radius 2 is 1.95 bits per heavy atom. The Bertz CT molecular complexity index is 647. The number of aryl methyl sites for hydroxylation is 3. The van der Waals surface area contributed by atoms with E-state index in [0.29, 0.717) is 0 Å². The maximum Gasteiger partial charge on any atom is 0.266 e. The molecule has 1 heterocycles. The molecular formula is C15H18N2O2. The molecule has 0 saturated heterocycles. The van der Waals surface area contributed by atoms with Gasteiger partial charge in [-0.05, 0) is 38.0 Å². The van der Waals surface area contributed by atoms with Gasteiger partial charge < -0.3 is 5.11 Å². The minimum atomic E-state index is -0.730. The minimum absolute atomic E-state index is 0.171. The van der Waals surface area contributed by atoms with Crippen LogP contribution in [0.5, 0.6) is 0 Å². The monoisotopic (exact) mass is 258 g/mol. The number of nitrogens with zero attached hydrogens (tertiary/aromatic N) is 2. The second-order valence-electron chi connectivity index (χ2n) is 4.87. The van der Waals surface area contributed by atoms with Crippen molar-refractivity contribution in [3.8, 4) is 0 Å². The standard InChI is InChI=1S/C15H18N2O2/c1-10-4-5-11(2)13(8-10)14(18)9-17-15(19)7-6-12(3)16-17/h4-8,14,18H,9H2,1-3H3. The Balaban J connectivity index is 2.30. The summed E-state index contributed by atoms with van der Waals surface area (Å²) in [5.74, 6) is 0. The smallest absolute Gasteiger partial charge is 0.266 e. The molecule has 0 amide bonds. The number of aromatic nitrogens is 2. The van der Waals surface area contributed by atoms with E-state index in [1.807, 2.05) is 39.0 Å². The van der Waals surface area contributed by atoms with Crippen LogP contribution < -0.4 is 5.56 Å². The van der Waals surface area contributed by atoms with Crippen molar-refractivity contribution >= 4 is 0 Å². The lowest BCUT2D eigenvalue weighted by Crippen LogP contribution is -2.25. The van der Waals surface area contributed by atoms with Crippen LogP contribution in [0.2, 0.25) is 0 Å². The van der Waals surface area contributed by atoms with Gasteiger partial charge in [0.15, 0.2) is 0 Å². The first-order valence-electron chi connectivity index (χ1n) is 6.27. The molecule has 0 radical (unpaired) electrons. The summed E-state index contributed by atoms with van der Waals surface area (Å²) < 4.78 is 1.31. The summed E-state index contributed by atoms with van der Waals surface area (Å²) in [6, 6.07) is 9.06. The lowest BCUT2D eigenvalue weighted by atomic mass is 10.0. The van der Waals surface area contributed by atoms with Crippen LogP contribution in [-0.4, -0.2) is 14.9 Å². The molecule has 0 aliphatic carbocycles. The molecule has 19 heavy (non-hydrogen) atoms. The Hall–Kier alpha value is -1.94. The van der Waals surface area contributed by atoms with Crippen LogP contribution >= 0.6 is 0 Å². The quantitative estimate of drug-likeness (QED) is 0.914. The third-order valence-electron chi connectivity index (χ3n) is 3.14. The highest BCUT2D eigenvalue weighted by Crippen LogP contribution is 2.20. The summed E-state index contributed by atoms with van der Waals surface area (Å²) in [4.78, 5) is 11.7. The lowest BCUT2D eigenvalue weighted by molar-refractivity contribution is 0.148. The van der Waals surface area contributed by atoms with Crippen molar-refractivity contribution in [2.24, 2.45) is 0 Å². The van der Waals surface area contributed by atoms with Gasteiger partial charge in [0, 0.05) is 6.07 Å². The van der Waals surface area contributed by atoms with Crippen molar-refractivity contribution < 1.29 is 5.11 Å². The van der Waals surface area contributed by atoms with E-state index in [0.717, 1.165) is 22.4 Å². The molecule has 1 aromatic heterocycles. The van der Waals surface area contributed by atoms with E-state index in [2.05, 4.69) is 5.10 Å². The van der Waals surface area contributed by atoms with Gasteiger partial charge in [0.25, 0.3) is 5.56 Å². The molecule has 2 rings (SSSR count). The zero-order valence-electron chi connectivity index (χ0n) is 11.4. The zero-order chi connectivity index (χ0) is 14.0. The SMILES string of the molecule is Cc1ccc(C)c(C(O)Cn2nc(C)ccc2=O)c1. The molecule has 100 valence electrons. The molecule has 4 heteroatoms. The van der Waals surface area contributed by atoms with E-state index < -0.39 is 6.10 Å². The first-order valence-corrected chi connectivity index (χ1v) is 6.27. The van der Waals surface area contributed by atoms with Crippen LogP contribution in [0.3, 0.4) is 0 Å². The summed E-state index contributed by atoms with van der Waals surface area (Å²) >= 11 is 0. The van der Waals surface area contributed by atoms with Gasteiger partial charge in [-0.3, -0.25) is 4.79 Å². The van der Waals surface area contributed by atoms with E-state index in [-0.39, 0.29) is 12.1 Å². The largest absolute Gasteiger partial charge is 0.386 e. The Morgan fingerprint density at radius 3 is 2.68 bits per heavy atom. The number of hydrogen-bond donors (Lipinski definition) is 1. The van der Waals surface area contributed by atoms with E-state index in [4.69, 9.17) is 0 Å². The van der Waals surface area contributed by atoms with Crippen LogP contribution in [0.1, 0.15) is 28.5 Å². The van der Waals surface area contributed by atoms with Crippen LogP contribution in [-0.2, 0) is 6.54 Å². The Labute approximate surface area is 112 Å². The average Bonchev–Trinajstić information content (AvgIpc) is 2.36. The molecule has 0 bridgehead atoms. The normalized spacial score (nSPS) is 12.4. The van der Waals surface area contributed by atoms with Gasteiger partial charge >= 0.3 is 0 Å². The third kappa shape index (κ3) is 3.09. The molecule has 0 fully saturated rings. The van der Waals surface area contributed by atoms with E-state index in [9.17, 15) is 9.90 Å². The van der Waals surface area contributed by atoms with Crippen LogP contribution in [0.15, 0.2) is 35.1 Å². The molecule has 1 atom stereocenters. The highest BCUT2D eigenvalue weighted by atomic mass is 16.3. The van der Waals surface area contributed by atoms with Crippen molar-refractivity contribution in [1.82, 2.24) is 9.78 Å². The lowest BCUT2D eigenvalue weighted by Gasteiger charge is -2.15. The summed E-state index contributed by atoms with van der Waals surface area (Å²) in [6.45, 7) is 5.92. The summed E-state index contributed by atoms with van der Waals surface area (Å²) in [7, 11) is 0. The molecule has 0 saturated carbocycles. The Morgan fingerprint density at radius 1 is 1.21 bits per heavy atom. The number of benzene rings is 1. The molecular weight excluding hydrogens is 240 g/mol. The van der Waals surface area contributed by atoms with Crippen LogP contribution in [0.4, 0.5) is 0 Å². The summed E-state index contributed by atoms with van der Waals surface area (Å²) in [6.07, 6.45) is -0.730. The number of rotatable bonds is 3. The van der Waals surface area contributed by atoms with Crippen molar-refractivity contribution in [1.29, 1.82) is 0 Å². The third-order valence-corrected chi connectivity index (χ3v) is 3.14. The molecule has 0 aliphatic rings. The topological polar surface area (TPSA) is 55.1 Å². The van der Waals surface area contributed by atoms with Crippen LogP contribution in [0, 0.1) is 20.8 Å². The first-order chi connectivity index (χ1) is 8.97. The second-order valence-corrected chi connectivity index (χ2v) is 4.87. The molecule has 0 aliphatic heterocycles. The molecule has 1 aromatic carbocycles. The van der Waals surface area contributed by atoms with Gasteiger partial charge in [-0.2, -0.15) is 5.10 Å². The molecule has 2 aromatic rings. The van der Waals surface area contributed by atoms with Crippen molar-refractivity contribution in [2.75, 3.05) is 0 Å². The highest BCUT2D eigenvalue weighted by molar-refractivity contribution is 5.32. The van der Waals surface area contributed by atoms with Gasteiger partial charge in [0.2, 0.25) is 0 Å². The summed E-state index contributed by atoms with van der Waals surface area (Å²) in [5.41, 5.74) is 3.50. The fourth-order valence-corrected chi connectivity index (χ4v) is 2.06. The van der Waals surface area contributed by atoms with Gasteiger partial charge in [-0.25, -0.2) is 4.68 Å². The predicted octanol–water partition coefficient (Wildman–Crippen LogP) is 1.90. The van der Waals surface area contributed by atoms with Gasteiger partial charge in [0.05, 0.1) is 18.3 Å². The molecule has 1 N–H and O–H groups in total. The van der Waals surface area contributed by atoms with Gasteiger partial charge in [-0.15, -0.1) is 0 Å². The number of aliphatic hydroxyl groups excluding tert-OH is 1. The first kappa shape index (κ1) is 13.5. The van der Waals surface area contributed by atoms with Gasteiger partial charge in [0.1, 0.15) is 0 Å². The van der Waals surface area contributed by atoms with E-state index in [1.165, 1.54) is 10.7 Å².